The molecule has 0 spiro atoms. The summed E-state index contributed by atoms with van der Waals surface area (Å²) >= 11 is 0. The first-order valence-corrected chi connectivity index (χ1v) is 4.62. The predicted octanol–water partition coefficient (Wildman–Crippen LogP) is 2.96. The molecule has 0 atom stereocenters. The molecule has 0 aliphatic rings. The zero-order chi connectivity index (χ0) is 10.7. The SMILES string of the molecule is COc1ccc(-c2ccccc2OC)o1. The molecule has 0 aliphatic heterocycles. The van der Waals surface area contributed by atoms with Crippen molar-refractivity contribution in [3.63, 3.8) is 0 Å². The van der Waals surface area contributed by atoms with Gasteiger partial charge in [-0.2, -0.15) is 0 Å². The van der Waals surface area contributed by atoms with Gasteiger partial charge in [0.1, 0.15) is 11.5 Å². The van der Waals surface area contributed by atoms with E-state index in [0.717, 1.165) is 17.1 Å². The fraction of sp³-hybridized carbons (Fsp3) is 0.167. The van der Waals surface area contributed by atoms with Crippen LogP contribution in [0.25, 0.3) is 11.3 Å². The van der Waals surface area contributed by atoms with Crippen molar-refractivity contribution >= 4 is 0 Å². The molecule has 0 saturated heterocycles. The molecule has 0 aliphatic carbocycles. The maximum Gasteiger partial charge on any atom is 0.284 e. The van der Waals surface area contributed by atoms with Crippen LogP contribution in [0, 0.1) is 0 Å². The monoisotopic (exact) mass is 204 g/mol. The molecule has 78 valence electrons. The first kappa shape index (κ1) is 9.65. The van der Waals surface area contributed by atoms with Crippen molar-refractivity contribution in [2.45, 2.75) is 0 Å². The number of methoxy groups -OCH3 is 2. The van der Waals surface area contributed by atoms with Crippen molar-refractivity contribution < 1.29 is 13.9 Å². The lowest BCUT2D eigenvalue weighted by atomic mass is 10.1. The summed E-state index contributed by atoms with van der Waals surface area (Å²) in [6.45, 7) is 0. The summed E-state index contributed by atoms with van der Waals surface area (Å²) in [5.41, 5.74) is 0.920. The van der Waals surface area contributed by atoms with Crippen LogP contribution in [0.15, 0.2) is 40.8 Å². The Morgan fingerprint density at radius 1 is 0.933 bits per heavy atom. The second kappa shape index (κ2) is 4.09. The Labute approximate surface area is 88.2 Å². The van der Waals surface area contributed by atoms with E-state index in [4.69, 9.17) is 13.9 Å². The van der Waals surface area contributed by atoms with Crippen LogP contribution >= 0.6 is 0 Å². The molecule has 3 nitrogen and oxygen atoms in total. The van der Waals surface area contributed by atoms with Crippen molar-refractivity contribution in [3.05, 3.63) is 36.4 Å². The summed E-state index contributed by atoms with van der Waals surface area (Å²) in [5, 5.41) is 0. The number of para-hydroxylation sites is 1. The van der Waals surface area contributed by atoms with Gasteiger partial charge < -0.3 is 13.9 Å². The molecule has 1 aromatic carbocycles. The molecule has 2 aromatic rings. The average Bonchev–Trinajstić information content (AvgIpc) is 2.77. The summed E-state index contributed by atoms with van der Waals surface area (Å²) in [6, 6.07) is 11.3. The Hall–Kier alpha value is -1.90. The Morgan fingerprint density at radius 3 is 2.40 bits per heavy atom. The van der Waals surface area contributed by atoms with E-state index in [2.05, 4.69) is 0 Å². The molecule has 0 unspecified atom stereocenters. The van der Waals surface area contributed by atoms with Crippen LogP contribution < -0.4 is 9.47 Å². The standard InChI is InChI=1S/C12H12O3/c1-13-10-6-4-3-5-9(10)11-7-8-12(14-2)15-11/h3-8H,1-2H3. The smallest absolute Gasteiger partial charge is 0.284 e. The van der Waals surface area contributed by atoms with Gasteiger partial charge in [-0.15, -0.1) is 0 Å². The Morgan fingerprint density at radius 2 is 1.73 bits per heavy atom. The van der Waals surface area contributed by atoms with Gasteiger partial charge in [0.15, 0.2) is 0 Å². The Balaban J connectivity index is 2.44. The summed E-state index contributed by atoms with van der Waals surface area (Å²) < 4.78 is 15.7. The van der Waals surface area contributed by atoms with E-state index in [1.807, 2.05) is 30.3 Å². The first-order valence-electron chi connectivity index (χ1n) is 4.62. The second-order valence-electron chi connectivity index (χ2n) is 3.02. The first-order chi connectivity index (χ1) is 7.35. The van der Waals surface area contributed by atoms with Gasteiger partial charge in [-0.3, -0.25) is 0 Å². The fourth-order valence-corrected chi connectivity index (χ4v) is 1.42. The molecule has 2 rings (SSSR count). The largest absolute Gasteiger partial charge is 0.496 e. The normalized spacial score (nSPS) is 10.0. The number of ether oxygens (including phenoxy) is 2. The highest BCUT2D eigenvalue weighted by atomic mass is 16.6. The topological polar surface area (TPSA) is 31.6 Å². The third-order valence-electron chi connectivity index (χ3n) is 2.15. The molecule has 0 saturated carbocycles. The highest BCUT2D eigenvalue weighted by Gasteiger charge is 2.09. The maximum atomic E-state index is 5.46. The zero-order valence-electron chi connectivity index (χ0n) is 8.69. The number of hydrogen-bond acceptors (Lipinski definition) is 3. The van der Waals surface area contributed by atoms with Gasteiger partial charge in [0.25, 0.3) is 5.95 Å². The van der Waals surface area contributed by atoms with E-state index < -0.39 is 0 Å². The maximum absolute atomic E-state index is 5.46. The number of rotatable bonds is 3. The van der Waals surface area contributed by atoms with E-state index in [-0.39, 0.29) is 0 Å². The van der Waals surface area contributed by atoms with Crippen LogP contribution in [0.3, 0.4) is 0 Å². The van der Waals surface area contributed by atoms with Crippen LogP contribution in [0.5, 0.6) is 11.7 Å². The summed E-state index contributed by atoms with van der Waals surface area (Å²) in [7, 11) is 3.21. The summed E-state index contributed by atoms with van der Waals surface area (Å²) in [5.74, 6) is 2.02. The van der Waals surface area contributed by atoms with Crippen molar-refractivity contribution in [2.75, 3.05) is 14.2 Å². The molecule has 0 bridgehead atoms. The van der Waals surface area contributed by atoms with Gasteiger partial charge in [0.05, 0.1) is 19.8 Å². The van der Waals surface area contributed by atoms with Gasteiger partial charge in [0.2, 0.25) is 0 Å². The van der Waals surface area contributed by atoms with Crippen LogP contribution in [0.4, 0.5) is 0 Å². The molecular weight excluding hydrogens is 192 g/mol. The average molecular weight is 204 g/mol. The second-order valence-corrected chi connectivity index (χ2v) is 3.02. The van der Waals surface area contributed by atoms with Gasteiger partial charge in [0, 0.05) is 6.07 Å². The summed E-state index contributed by atoms with van der Waals surface area (Å²) in [6.07, 6.45) is 0. The van der Waals surface area contributed by atoms with E-state index in [1.54, 1.807) is 20.3 Å². The summed E-state index contributed by atoms with van der Waals surface area (Å²) in [4.78, 5) is 0. The van der Waals surface area contributed by atoms with E-state index in [1.165, 1.54) is 0 Å². The van der Waals surface area contributed by atoms with E-state index >= 15 is 0 Å². The highest BCUT2D eigenvalue weighted by Crippen LogP contribution is 2.32. The number of hydrogen-bond donors (Lipinski definition) is 0. The van der Waals surface area contributed by atoms with E-state index in [0.29, 0.717) is 5.95 Å². The van der Waals surface area contributed by atoms with Crippen LogP contribution in [0.1, 0.15) is 0 Å². The van der Waals surface area contributed by atoms with Gasteiger partial charge in [-0.05, 0) is 18.2 Å². The Kier molecular flexibility index (Phi) is 2.63. The molecule has 0 N–H and O–H groups in total. The van der Waals surface area contributed by atoms with Crippen molar-refractivity contribution in [3.8, 4) is 23.0 Å². The van der Waals surface area contributed by atoms with Gasteiger partial charge >= 0.3 is 0 Å². The molecule has 0 fully saturated rings. The van der Waals surface area contributed by atoms with Crippen molar-refractivity contribution in [2.24, 2.45) is 0 Å². The lowest BCUT2D eigenvalue weighted by Gasteiger charge is -2.04. The molecule has 3 heteroatoms. The molecule has 0 amide bonds. The minimum absolute atomic E-state index is 0.496. The molecule has 0 radical (unpaired) electrons. The lowest BCUT2D eigenvalue weighted by molar-refractivity contribution is 0.308. The zero-order valence-corrected chi connectivity index (χ0v) is 8.69. The van der Waals surface area contributed by atoms with Crippen LogP contribution in [-0.4, -0.2) is 14.2 Å². The highest BCUT2D eigenvalue weighted by molar-refractivity contribution is 5.66. The van der Waals surface area contributed by atoms with Gasteiger partial charge in [-0.1, -0.05) is 12.1 Å². The number of furan rings is 1. The quantitative estimate of drug-likeness (QED) is 0.770. The van der Waals surface area contributed by atoms with Crippen LogP contribution in [-0.2, 0) is 0 Å². The van der Waals surface area contributed by atoms with Gasteiger partial charge in [-0.25, -0.2) is 0 Å². The van der Waals surface area contributed by atoms with E-state index in [9.17, 15) is 0 Å². The predicted molar refractivity (Wildman–Crippen MR) is 57.2 cm³/mol. The fourth-order valence-electron chi connectivity index (χ4n) is 1.42. The molecular formula is C12H12O3. The minimum Gasteiger partial charge on any atom is -0.496 e. The third-order valence-corrected chi connectivity index (χ3v) is 2.15. The molecule has 1 heterocycles. The number of benzene rings is 1. The Bertz CT molecular complexity index is 446. The van der Waals surface area contributed by atoms with Crippen molar-refractivity contribution in [1.82, 2.24) is 0 Å². The molecule has 15 heavy (non-hydrogen) atoms. The minimum atomic E-state index is 0.496. The van der Waals surface area contributed by atoms with Crippen LogP contribution in [0.2, 0.25) is 0 Å². The van der Waals surface area contributed by atoms with Crippen molar-refractivity contribution in [1.29, 1.82) is 0 Å². The third kappa shape index (κ3) is 1.81. The molecule has 1 aromatic heterocycles. The lowest BCUT2D eigenvalue weighted by Crippen LogP contribution is -1.85.